The van der Waals surface area contributed by atoms with Crippen LogP contribution in [0.2, 0.25) is 0 Å². The number of hydrogen-bond donors (Lipinski definition) is 2. The van der Waals surface area contributed by atoms with Gasteiger partial charge in [0.05, 0.1) is 0 Å². The van der Waals surface area contributed by atoms with E-state index in [0.717, 1.165) is 11.5 Å². The van der Waals surface area contributed by atoms with Gasteiger partial charge in [0.2, 0.25) is 5.91 Å². The lowest BCUT2D eigenvalue weighted by Gasteiger charge is -2.21. The monoisotopic (exact) mass is 277 g/mol. The van der Waals surface area contributed by atoms with Crippen LogP contribution in [0.1, 0.15) is 19.8 Å². The SMILES string of the molecule is CC(CC(=O)O)CC(=O)NCC1CSCCS1. The number of carbonyl (C=O) groups is 2. The summed E-state index contributed by atoms with van der Waals surface area (Å²) in [6.45, 7) is 2.50. The molecule has 1 fully saturated rings. The van der Waals surface area contributed by atoms with Crippen molar-refractivity contribution in [3.63, 3.8) is 0 Å². The summed E-state index contributed by atoms with van der Waals surface area (Å²) in [6, 6.07) is 0. The largest absolute Gasteiger partial charge is 0.481 e. The smallest absolute Gasteiger partial charge is 0.303 e. The van der Waals surface area contributed by atoms with Gasteiger partial charge in [-0.3, -0.25) is 9.59 Å². The minimum atomic E-state index is -0.843. The predicted molar refractivity (Wildman–Crippen MR) is 72.6 cm³/mol. The third-order valence-corrected chi connectivity index (χ3v) is 5.31. The topological polar surface area (TPSA) is 66.4 Å². The minimum Gasteiger partial charge on any atom is -0.481 e. The number of nitrogens with one attached hydrogen (secondary N) is 1. The molecule has 0 radical (unpaired) electrons. The molecule has 1 aliphatic rings. The number of hydrogen-bond acceptors (Lipinski definition) is 4. The standard InChI is InChI=1S/C11H19NO3S2/c1-8(5-11(14)15)4-10(13)12-6-9-7-16-2-3-17-9/h8-9H,2-7H2,1H3,(H,12,13)(H,14,15). The van der Waals surface area contributed by atoms with Gasteiger partial charge in [-0.1, -0.05) is 6.92 Å². The highest BCUT2D eigenvalue weighted by molar-refractivity contribution is 8.06. The van der Waals surface area contributed by atoms with E-state index in [-0.39, 0.29) is 18.2 Å². The van der Waals surface area contributed by atoms with Crippen LogP contribution in [-0.2, 0) is 9.59 Å². The van der Waals surface area contributed by atoms with Crippen LogP contribution in [0.25, 0.3) is 0 Å². The molecule has 6 heteroatoms. The summed E-state index contributed by atoms with van der Waals surface area (Å²) in [5, 5.41) is 12.0. The summed E-state index contributed by atoms with van der Waals surface area (Å²) < 4.78 is 0. The first kappa shape index (κ1) is 14.7. The van der Waals surface area contributed by atoms with E-state index >= 15 is 0 Å². The van der Waals surface area contributed by atoms with Crippen LogP contribution in [0, 0.1) is 5.92 Å². The maximum absolute atomic E-state index is 11.6. The van der Waals surface area contributed by atoms with Crippen LogP contribution in [0.5, 0.6) is 0 Å². The molecule has 2 unspecified atom stereocenters. The maximum Gasteiger partial charge on any atom is 0.303 e. The van der Waals surface area contributed by atoms with Gasteiger partial charge in [-0.25, -0.2) is 0 Å². The molecular weight excluding hydrogens is 258 g/mol. The van der Waals surface area contributed by atoms with Gasteiger partial charge in [0.25, 0.3) is 0 Å². The Morgan fingerprint density at radius 2 is 2.18 bits per heavy atom. The van der Waals surface area contributed by atoms with Crippen molar-refractivity contribution in [3.05, 3.63) is 0 Å². The van der Waals surface area contributed by atoms with Crippen molar-refractivity contribution in [1.82, 2.24) is 5.32 Å². The Bertz CT molecular complexity index is 267. The number of amides is 1. The highest BCUT2D eigenvalue weighted by Gasteiger charge is 2.16. The predicted octanol–water partition coefficient (Wildman–Crippen LogP) is 1.45. The molecule has 0 aromatic rings. The van der Waals surface area contributed by atoms with Crippen molar-refractivity contribution >= 4 is 35.4 Å². The van der Waals surface area contributed by atoms with E-state index in [4.69, 9.17) is 5.11 Å². The van der Waals surface area contributed by atoms with Gasteiger partial charge >= 0.3 is 5.97 Å². The lowest BCUT2D eigenvalue weighted by Crippen LogP contribution is -2.34. The Labute approximate surface area is 110 Å². The average Bonchev–Trinajstić information content (AvgIpc) is 2.26. The lowest BCUT2D eigenvalue weighted by molar-refractivity contribution is -0.138. The van der Waals surface area contributed by atoms with E-state index in [1.54, 1.807) is 6.92 Å². The summed E-state index contributed by atoms with van der Waals surface area (Å²) in [7, 11) is 0. The molecule has 0 aromatic carbocycles. The van der Waals surface area contributed by atoms with E-state index < -0.39 is 5.97 Å². The van der Waals surface area contributed by atoms with Gasteiger partial charge in [0, 0.05) is 41.9 Å². The third-order valence-electron chi connectivity index (χ3n) is 2.47. The van der Waals surface area contributed by atoms with Crippen molar-refractivity contribution in [2.24, 2.45) is 5.92 Å². The van der Waals surface area contributed by atoms with Crippen LogP contribution in [-0.4, -0.2) is 46.0 Å². The molecule has 0 bridgehead atoms. The molecule has 0 spiro atoms. The van der Waals surface area contributed by atoms with Crippen molar-refractivity contribution in [2.75, 3.05) is 23.8 Å². The Kier molecular flexibility index (Phi) is 6.80. The van der Waals surface area contributed by atoms with E-state index in [0.29, 0.717) is 18.2 Å². The van der Waals surface area contributed by atoms with E-state index in [1.807, 2.05) is 23.5 Å². The number of carbonyl (C=O) groups excluding carboxylic acids is 1. The van der Waals surface area contributed by atoms with Gasteiger partial charge in [-0.05, 0) is 5.92 Å². The Morgan fingerprint density at radius 3 is 2.76 bits per heavy atom. The molecule has 1 heterocycles. The molecule has 0 aliphatic carbocycles. The molecule has 0 saturated carbocycles. The van der Waals surface area contributed by atoms with Crippen LogP contribution >= 0.6 is 23.5 Å². The second-order valence-electron chi connectivity index (χ2n) is 4.28. The summed E-state index contributed by atoms with van der Waals surface area (Å²) in [6.07, 6.45) is 0.359. The summed E-state index contributed by atoms with van der Waals surface area (Å²) >= 11 is 3.83. The molecule has 1 saturated heterocycles. The zero-order valence-corrected chi connectivity index (χ0v) is 11.6. The molecule has 1 amide bonds. The molecule has 1 aliphatic heterocycles. The van der Waals surface area contributed by atoms with Gasteiger partial charge in [0.1, 0.15) is 0 Å². The summed E-state index contributed by atoms with van der Waals surface area (Å²) in [5.41, 5.74) is 0. The summed E-state index contributed by atoms with van der Waals surface area (Å²) in [4.78, 5) is 22.0. The number of aliphatic carboxylic acids is 1. The normalized spacial score (nSPS) is 21.8. The van der Waals surface area contributed by atoms with Crippen molar-refractivity contribution in [2.45, 2.75) is 25.0 Å². The fourth-order valence-corrected chi connectivity index (χ4v) is 4.25. The molecular formula is C11H19NO3S2. The quantitative estimate of drug-likeness (QED) is 0.769. The molecule has 1 rings (SSSR count). The van der Waals surface area contributed by atoms with Crippen LogP contribution in [0.4, 0.5) is 0 Å². The van der Waals surface area contributed by atoms with Crippen LogP contribution < -0.4 is 5.32 Å². The van der Waals surface area contributed by atoms with Gasteiger partial charge in [-0.15, -0.1) is 0 Å². The fourth-order valence-electron chi connectivity index (χ4n) is 1.64. The van der Waals surface area contributed by atoms with Gasteiger partial charge < -0.3 is 10.4 Å². The van der Waals surface area contributed by atoms with Crippen molar-refractivity contribution in [1.29, 1.82) is 0 Å². The first-order valence-corrected chi connectivity index (χ1v) is 7.96. The third kappa shape index (κ3) is 6.83. The molecule has 4 nitrogen and oxygen atoms in total. The second-order valence-corrected chi connectivity index (χ2v) is 6.84. The Hall–Kier alpha value is -0.360. The zero-order valence-electron chi connectivity index (χ0n) is 9.98. The van der Waals surface area contributed by atoms with E-state index in [9.17, 15) is 9.59 Å². The van der Waals surface area contributed by atoms with Crippen molar-refractivity contribution < 1.29 is 14.7 Å². The molecule has 0 aromatic heterocycles. The Balaban J connectivity index is 2.13. The first-order chi connectivity index (χ1) is 8.08. The summed E-state index contributed by atoms with van der Waals surface area (Å²) in [5.74, 6) is 2.47. The highest BCUT2D eigenvalue weighted by Crippen LogP contribution is 2.23. The number of carboxylic acids is 1. The fraction of sp³-hybridized carbons (Fsp3) is 0.818. The molecule has 2 N–H and O–H groups in total. The second kappa shape index (κ2) is 7.87. The zero-order chi connectivity index (χ0) is 12.7. The van der Waals surface area contributed by atoms with Crippen LogP contribution in [0.15, 0.2) is 0 Å². The number of carboxylic acid groups (broad SMARTS) is 1. The molecule has 17 heavy (non-hydrogen) atoms. The van der Waals surface area contributed by atoms with Gasteiger partial charge in [-0.2, -0.15) is 23.5 Å². The van der Waals surface area contributed by atoms with Crippen molar-refractivity contribution in [3.8, 4) is 0 Å². The molecule has 2 atom stereocenters. The van der Waals surface area contributed by atoms with Gasteiger partial charge in [0.15, 0.2) is 0 Å². The highest BCUT2D eigenvalue weighted by atomic mass is 32.2. The average molecular weight is 277 g/mol. The van der Waals surface area contributed by atoms with Crippen LogP contribution in [0.3, 0.4) is 0 Å². The van der Waals surface area contributed by atoms with E-state index in [1.165, 1.54) is 5.75 Å². The Morgan fingerprint density at radius 1 is 1.41 bits per heavy atom. The molecule has 98 valence electrons. The first-order valence-electron chi connectivity index (χ1n) is 5.75. The van der Waals surface area contributed by atoms with E-state index in [2.05, 4.69) is 5.32 Å². The number of rotatable bonds is 6. The minimum absolute atomic E-state index is 0.0325. The number of thioether (sulfide) groups is 2. The lowest BCUT2D eigenvalue weighted by atomic mass is 10.0. The maximum atomic E-state index is 11.6.